The lowest BCUT2D eigenvalue weighted by Gasteiger charge is -2.09. The smallest absolute Gasteiger partial charge is 0.312 e. The maximum atomic E-state index is 12.9. The molecular formula is C16H23N5O2. The van der Waals surface area contributed by atoms with Gasteiger partial charge in [0.25, 0.3) is 5.56 Å². The Kier molecular flexibility index (Phi) is 3.66. The maximum Gasteiger partial charge on any atom is 0.332 e. The molecule has 23 heavy (non-hydrogen) atoms. The number of hydrogen-bond acceptors (Lipinski definition) is 3. The highest BCUT2D eigenvalue weighted by Crippen LogP contribution is 2.20. The first-order valence-electron chi connectivity index (χ1n) is 8.07. The zero-order valence-electron chi connectivity index (χ0n) is 14.3. The molecule has 0 saturated carbocycles. The second kappa shape index (κ2) is 5.40. The fraction of sp³-hybridized carbons (Fsp3) is 0.562. The molecule has 0 aromatic carbocycles. The second-order valence-electron chi connectivity index (χ2n) is 6.34. The van der Waals surface area contributed by atoms with Gasteiger partial charge in [0.2, 0.25) is 5.78 Å². The molecule has 0 N–H and O–H groups in total. The van der Waals surface area contributed by atoms with E-state index in [0.29, 0.717) is 23.5 Å². The van der Waals surface area contributed by atoms with Crippen LogP contribution < -0.4 is 11.2 Å². The van der Waals surface area contributed by atoms with Gasteiger partial charge in [0.1, 0.15) is 0 Å². The summed E-state index contributed by atoms with van der Waals surface area (Å²) < 4.78 is 6.68. The predicted octanol–water partition coefficient (Wildman–Crippen LogP) is 1.84. The summed E-state index contributed by atoms with van der Waals surface area (Å²) in [6.07, 6.45) is 3.65. The standard InChI is InChI=1S/C16H23N5O2/c1-6-7-8-19-14(22)12-13(18(5)16(19)23)17-15-20(12)9-11(4)21(15)10(2)3/h9-10H,6-8H2,1-5H3. The average molecular weight is 317 g/mol. The third-order valence-electron chi connectivity index (χ3n) is 4.32. The Labute approximate surface area is 133 Å². The zero-order chi connectivity index (χ0) is 16.9. The molecule has 0 aliphatic carbocycles. The first-order chi connectivity index (χ1) is 10.9. The Morgan fingerprint density at radius 2 is 1.96 bits per heavy atom. The molecule has 3 aromatic heterocycles. The van der Waals surface area contributed by atoms with E-state index in [2.05, 4.69) is 23.4 Å². The van der Waals surface area contributed by atoms with E-state index < -0.39 is 0 Å². The van der Waals surface area contributed by atoms with Crippen molar-refractivity contribution in [1.29, 1.82) is 0 Å². The van der Waals surface area contributed by atoms with E-state index in [-0.39, 0.29) is 17.3 Å². The normalized spacial score (nSPS) is 12.1. The second-order valence-corrected chi connectivity index (χ2v) is 6.34. The van der Waals surface area contributed by atoms with Crippen LogP contribution in [0.25, 0.3) is 16.9 Å². The number of fused-ring (bicyclic) bond motifs is 3. The van der Waals surface area contributed by atoms with Crippen LogP contribution in [-0.4, -0.2) is 23.1 Å². The van der Waals surface area contributed by atoms with Crippen molar-refractivity contribution in [3.8, 4) is 0 Å². The van der Waals surface area contributed by atoms with Gasteiger partial charge < -0.3 is 4.57 Å². The van der Waals surface area contributed by atoms with Crippen LogP contribution in [0, 0.1) is 6.92 Å². The van der Waals surface area contributed by atoms with Crippen LogP contribution in [0.4, 0.5) is 0 Å². The Bertz CT molecular complexity index is 1000. The molecule has 0 aliphatic rings. The van der Waals surface area contributed by atoms with Gasteiger partial charge in [0.15, 0.2) is 11.2 Å². The lowest BCUT2D eigenvalue weighted by atomic mass is 10.3. The Morgan fingerprint density at radius 3 is 2.57 bits per heavy atom. The Balaban J connectivity index is 2.45. The van der Waals surface area contributed by atoms with E-state index in [1.807, 2.05) is 24.4 Å². The molecule has 0 spiro atoms. The fourth-order valence-electron chi connectivity index (χ4n) is 3.18. The van der Waals surface area contributed by atoms with Gasteiger partial charge in [-0.05, 0) is 27.2 Å². The van der Waals surface area contributed by atoms with Gasteiger partial charge in [0, 0.05) is 31.5 Å². The van der Waals surface area contributed by atoms with Gasteiger partial charge in [-0.3, -0.25) is 18.3 Å². The minimum absolute atomic E-state index is 0.226. The summed E-state index contributed by atoms with van der Waals surface area (Å²) in [7, 11) is 1.67. The molecule has 0 atom stereocenters. The van der Waals surface area contributed by atoms with Gasteiger partial charge in [0.05, 0.1) is 0 Å². The summed E-state index contributed by atoms with van der Waals surface area (Å²) in [5, 5.41) is 0. The summed E-state index contributed by atoms with van der Waals surface area (Å²) in [5.74, 6) is 0.702. The van der Waals surface area contributed by atoms with E-state index >= 15 is 0 Å². The molecule has 0 fully saturated rings. The van der Waals surface area contributed by atoms with Crippen molar-refractivity contribution in [3.63, 3.8) is 0 Å². The van der Waals surface area contributed by atoms with E-state index in [4.69, 9.17) is 0 Å². The van der Waals surface area contributed by atoms with Crippen LogP contribution in [-0.2, 0) is 13.6 Å². The van der Waals surface area contributed by atoms with Crippen molar-refractivity contribution in [2.75, 3.05) is 0 Å². The number of hydrogen-bond donors (Lipinski definition) is 0. The molecular weight excluding hydrogens is 294 g/mol. The first-order valence-corrected chi connectivity index (χ1v) is 8.07. The van der Waals surface area contributed by atoms with Crippen LogP contribution in [0.3, 0.4) is 0 Å². The molecule has 0 unspecified atom stereocenters. The minimum Gasteiger partial charge on any atom is -0.312 e. The summed E-state index contributed by atoms with van der Waals surface area (Å²) in [6, 6.07) is 0.226. The lowest BCUT2D eigenvalue weighted by Crippen LogP contribution is -2.39. The summed E-state index contributed by atoms with van der Waals surface area (Å²) >= 11 is 0. The highest BCUT2D eigenvalue weighted by Gasteiger charge is 2.20. The van der Waals surface area contributed by atoms with Gasteiger partial charge >= 0.3 is 5.69 Å². The van der Waals surface area contributed by atoms with Crippen LogP contribution in [0.15, 0.2) is 15.8 Å². The number of aryl methyl sites for hydroxylation is 2. The maximum absolute atomic E-state index is 12.9. The molecule has 0 saturated heterocycles. The number of imidazole rings is 2. The number of rotatable bonds is 4. The molecule has 3 rings (SSSR count). The molecule has 3 heterocycles. The van der Waals surface area contributed by atoms with Gasteiger partial charge in [-0.2, -0.15) is 4.98 Å². The molecule has 7 heteroatoms. The van der Waals surface area contributed by atoms with Crippen molar-refractivity contribution < 1.29 is 0 Å². The molecule has 0 aliphatic heterocycles. The highest BCUT2D eigenvalue weighted by atomic mass is 16.2. The Hall–Kier alpha value is -2.31. The number of nitrogens with zero attached hydrogens (tertiary/aromatic N) is 5. The topological polar surface area (TPSA) is 66.2 Å². The SMILES string of the molecule is CCCCn1c(=O)c2c(nc3n(C(C)C)c(C)cn23)n(C)c1=O. The van der Waals surface area contributed by atoms with Crippen molar-refractivity contribution in [2.24, 2.45) is 7.05 Å². The minimum atomic E-state index is -0.301. The molecule has 0 bridgehead atoms. The van der Waals surface area contributed by atoms with Crippen molar-refractivity contribution in [1.82, 2.24) is 23.1 Å². The van der Waals surface area contributed by atoms with Crippen molar-refractivity contribution in [3.05, 3.63) is 32.7 Å². The monoisotopic (exact) mass is 317 g/mol. The quantitative estimate of drug-likeness (QED) is 0.737. The van der Waals surface area contributed by atoms with E-state index in [9.17, 15) is 9.59 Å². The first kappa shape index (κ1) is 15.6. The molecule has 0 radical (unpaired) electrons. The number of unbranched alkanes of at least 4 members (excludes halogenated alkanes) is 1. The largest absolute Gasteiger partial charge is 0.332 e. The molecule has 0 amide bonds. The summed E-state index contributed by atoms with van der Waals surface area (Å²) in [6.45, 7) is 8.63. The van der Waals surface area contributed by atoms with Crippen LogP contribution in [0.1, 0.15) is 45.3 Å². The van der Waals surface area contributed by atoms with Crippen molar-refractivity contribution >= 4 is 16.9 Å². The van der Waals surface area contributed by atoms with Gasteiger partial charge in [-0.25, -0.2) is 4.79 Å². The zero-order valence-corrected chi connectivity index (χ0v) is 14.3. The third kappa shape index (κ3) is 2.14. The Morgan fingerprint density at radius 1 is 1.26 bits per heavy atom. The van der Waals surface area contributed by atoms with Gasteiger partial charge in [-0.1, -0.05) is 13.3 Å². The predicted molar refractivity (Wildman–Crippen MR) is 90.2 cm³/mol. The molecule has 7 nitrogen and oxygen atoms in total. The van der Waals surface area contributed by atoms with Crippen LogP contribution in [0.2, 0.25) is 0 Å². The average Bonchev–Trinajstić information content (AvgIpc) is 2.99. The summed E-state index contributed by atoms with van der Waals surface area (Å²) in [4.78, 5) is 29.9. The lowest BCUT2D eigenvalue weighted by molar-refractivity contribution is 0.566. The van der Waals surface area contributed by atoms with E-state index in [1.165, 1.54) is 9.13 Å². The molecule has 3 aromatic rings. The third-order valence-corrected chi connectivity index (χ3v) is 4.32. The fourth-order valence-corrected chi connectivity index (χ4v) is 3.18. The van der Waals surface area contributed by atoms with E-state index in [0.717, 1.165) is 18.5 Å². The van der Waals surface area contributed by atoms with Crippen molar-refractivity contribution in [2.45, 2.75) is 53.1 Å². The van der Waals surface area contributed by atoms with E-state index in [1.54, 1.807) is 7.05 Å². The summed E-state index contributed by atoms with van der Waals surface area (Å²) in [5.41, 5.74) is 1.39. The molecule has 124 valence electrons. The highest BCUT2D eigenvalue weighted by molar-refractivity contribution is 5.75. The van der Waals surface area contributed by atoms with Gasteiger partial charge in [-0.15, -0.1) is 0 Å². The number of aromatic nitrogens is 5. The van der Waals surface area contributed by atoms with Crippen LogP contribution in [0.5, 0.6) is 0 Å². The van der Waals surface area contributed by atoms with Crippen LogP contribution >= 0.6 is 0 Å².